The molecule has 0 aromatic carbocycles. The highest BCUT2D eigenvalue weighted by molar-refractivity contribution is 4.83. The van der Waals surface area contributed by atoms with Gasteiger partial charge in [-0.25, -0.2) is 4.79 Å². The Hall–Kier alpha value is -1.40. The normalized spacial score (nSPS) is 12.7. The largest absolute Gasteiger partial charge is 0.396 e. The summed E-state index contributed by atoms with van der Waals surface area (Å²) >= 11 is 0. The van der Waals surface area contributed by atoms with Gasteiger partial charge in [0.05, 0.1) is 12.6 Å². The highest BCUT2D eigenvalue weighted by Gasteiger charge is 2.05. The van der Waals surface area contributed by atoms with E-state index in [0.717, 1.165) is 0 Å². The fourth-order valence-electron chi connectivity index (χ4n) is 1.23. The average molecular weight is 214 g/mol. The molecule has 6 nitrogen and oxygen atoms in total. The Morgan fingerprint density at radius 1 is 1.47 bits per heavy atom. The van der Waals surface area contributed by atoms with E-state index in [0.29, 0.717) is 12.8 Å². The minimum absolute atomic E-state index is 0.0115. The standard InChI is InChI=1S/C9H14N2O4/c12-5-1-2-7(13)6-11-4-3-8(14)10-9(11)15/h3-4,7,12-13H,1-2,5-6H2,(H,10,14,15). The lowest BCUT2D eigenvalue weighted by atomic mass is 10.2. The average Bonchev–Trinajstić information content (AvgIpc) is 2.19. The minimum Gasteiger partial charge on any atom is -0.396 e. The highest BCUT2D eigenvalue weighted by atomic mass is 16.3. The summed E-state index contributed by atoms with van der Waals surface area (Å²) in [6.07, 6.45) is 1.55. The molecule has 0 bridgehead atoms. The fourth-order valence-corrected chi connectivity index (χ4v) is 1.23. The SMILES string of the molecule is O=c1ccn(CC(O)CCCO)c(=O)[nH]1. The Bertz CT molecular complexity index is 409. The molecule has 84 valence electrons. The van der Waals surface area contributed by atoms with Crippen LogP contribution in [0, 0.1) is 0 Å². The van der Waals surface area contributed by atoms with Crippen molar-refractivity contribution in [2.45, 2.75) is 25.5 Å². The molecule has 0 saturated heterocycles. The van der Waals surface area contributed by atoms with E-state index >= 15 is 0 Å². The highest BCUT2D eigenvalue weighted by Crippen LogP contribution is 1.97. The molecule has 0 saturated carbocycles. The molecule has 0 spiro atoms. The van der Waals surface area contributed by atoms with Gasteiger partial charge >= 0.3 is 5.69 Å². The number of hydrogen-bond donors (Lipinski definition) is 3. The number of aromatic amines is 1. The summed E-state index contributed by atoms with van der Waals surface area (Å²) in [5, 5.41) is 18.0. The molecule has 0 amide bonds. The number of aliphatic hydroxyl groups excluding tert-OH is 2. The van der Waals surface area contributed by atoms with Gasteiger partial charge in [0, 0.05) is 18.9 Å². The molecule has 1 aromatic rings. The van der Waals surface area contributed by atoms with Crippen LogP contribution < -0.4 is 11.2 Å². The van der Waals surface area contributed by atoms with Crippen LogP contribution in [0.15, 0.2) is 21.9 Å². The molecular formula is C9H14N2O4. The first kappa shape index (κ1) is 11.7. The molecule has 6 heteroatoms. The van der Waals surface area contributed by atoms with Gasteiger partial charge in [-0.2, -0.15) is 0 Å². The van der Waals surface area contributed by atoms with Gasteiger partial charge in [0.25, 0.3) is 5.56 Å². The van der Waals surface area contributed by atoms with Crippen LogP contribution in [0.2, 0.25) is 0 Å². The zero-order valence-corrected chi connectivity index (χ0v) is 8.22. The number of H-pyrrole nitrogens is 1. The van der Waals surface area contributed by atoms with Crippen LogP contribution in [-0.4, -0.2) is 32.5 Å². The van der Waals surface area contributed by atoms with Crippen molar-refractivity contribution in [2.75, 3.05) is 6.61 Å². The van der Waals surface area contributed by atoms with Crippen molar-refractivity contribution < 1.29 is 10.2 Å². The van der Waals surface area contributed by atoms with Gasteiger partial charge in [0.1, 0.15) is 0 Å². The number of aliphatic hydroxyl groups is 2. The van der Waals surface area contributed by atoms with Crippen molar-refractivity contribution in [3.05, 3.63) is 33.1 Å². The lowest BCUT2D eigenvalue weighted by Gasteiger charge is -2.10. The molecule has 1 aromatic heterocycles. The fraction of sp³-hybridized carbons (Fsp3) is 0.556. The third kappa shape index (κ3) is 3.69. The predicted molar refractivity (Wildman–Crippen MR) is 53.6 cm³/mol. The summed E-state index contributed by atoms with van der Waals surface area (Å²) in [5.74, 6) is 0. The summed E-state index contributed by atoms with van der Waals surface area (Å²) < 4.78 is 1.23. The number of rotatable bonds is 5. The van der Waals surface area contributed by atoms with Gasteiger partial charge in [-0.15, -0.1) is 0 Å². The molecule has 0 aliphatic heterocycles. The van der Waals surface area contributed by atoms with Gasteiger partial charge < -0.3 is 10.2 Å². The first-order valence-corrected chi connectivity index (χ1v) is 4.72. The van der Waals surface area contributed by atoms with Crippen molar-refractivity contribution in [3.63, 3.8) is 0 Å². The quantitative estimate of drug-likeness (QED) is 0.566. The number of hydrogen-bond acceptors (Lipinski definition) is 4. The number of nitrogens with zero attached hydrogens (tertiary/aromatic N) is 1. The van der Waals surface area contributed by atoms with Gasteiger partial charge in [-0.05, 0) is 12.8 Å². The van der Waals surface area contributed by atoms with Gasteiger partial charge in [0.15, 0.2) is 0 Å². The Morgan fingerprint density at radius 3 is 2.80 bits per heavy atom. The summed E-state index contributed by atoms with van der Waals surface area (Å²) in [4.78, 5) is 24.0. The van der Waals surface area contributed by atoms with Crippen molar-refractivity contribution >= 4 is 0 Å². The molecule has 1 unspecified atom stereocenters. The van der Waals surface area contributed by atoms with Crippen molar-refractivity contribution in [3.8, 4) is 0 Å². The topological polar surface area (TPSA) is 95.3 Å². The molecule has 15 heavy (non-hydrogen) atoms. The van der Waals surface area contributed by atoms with E-state index in [9.17, 15) is 14.7 Å². The van der Waals surface area contributed by atoms with Crippen LogP contribution in [0.4, 0.5) is 0 Å². The van der Waals surface area contributed by atoms with Crippen molar-refractivity contribution in [1.29, 1.82) is 0 Å². The Labute approximate surface area is 85.8 Å². The van der Waals surface area contributed by atoms with Crippen LogP contribution in [0.25, 0.3) is 0 Å². The maximum atomic E-state index is 11.2. The third-order valence-electron chi connectivity index (χ3n) is 2.00. The smallest absolute Gasteiger partial charge is 0.328 e. The minimum atomic E-state index is -0.694. The van der Waals surface area contributed by atoms with Gasteiger partial charge in [-0.1, -0.05) is 0 Å². The molecule has 0 aliphatic carbocycles. The maximum Gasteiger partial charge on any atom is 0.328 e. The van der Waals surface area contributed by atoms with Crippen LogP contribution in [0.1, 0.15) is 12.8 Å². The van der Waals surface area contributed by atoms with E-state index in [1.807, 2.05) is 0 Å². The predicted octanol–water partition coefficient (Wildman–Crippen LogP) is -1.33. The second kappa shape index (κ2) is 5.47. The molecular weight excluding hydrogens is 200 g/mol. The monoisotopic (exact) mass is 214 g/mol. The lowest BCUT2D eigenvalue weighted by molar-refractivity contribution is 0.130. The van der Waals surface area contributed by atoms with Gasteiger partial charge in [0.2, 0.25) is 0 Å². The number of aromatic nitrogens is 2. The van der Waals surface area contributed by atoms with E-state index in [1.165, 1.54) is 16.8 Å². The molecule has 1 rings (SSSR count). The zero-order chi connectivity index (χ0) is 11.3. The Morgan fingerprint density at radius 2 is 2.20 bits per heavy atom. The van der Waals surface area contributed by atoms with Crippen LogP contribution in [-0.2, 0) is 6.54 Å². The summed E-state index contributed by atoms with van der Waals surface area (Å²) in [6.45, 7) is 0.132. The second-order valence-corrected chi connectivity index (χ2v) is 3.28. The van der Waals surface area contributed by atoms with E-state index in [1.54, 1.807) is 0 Å². The van der Waals surface area contributed by atoms with E-state index < -0.39 is 17.4 Å². The zero-order valence-electron chi connectivity index (χ0n) is 8.22. The van der Waals surface area contributed by atoms with Crippen molar-refractivity contribution in [1.82, 2.24) is 9.55 Å². The summed E-state index contributed by atoms with van der Waals surface area (Å²) in [5.41, 5.74) is -0.994. The molecule has 1 heterocycles. The molecule has 0 fully saturated rings. The molecule has 0 aliphatic rings. The van der Waals surface area contributed by atoms with Crippen molar-refractivity contribution in [2.24, 2.45) is 0 Å². The Kier molecular flexibility index (Phi) is 4.26. The molecule has 1 atom stereocenters. The second-order valence-electron chi connectivity index (χ2n) is 3.28. The van der Waals surface area contributed by atoms with E-state index in [4.69, 9.17) is 5.11 Å². The first-order valence-electron chi connectivity index (χ1n) is 4.72. The Balaban J connectivity index is 2.64. The van der Waals surface area contributed by atoms with Crippen LogP contribution in [0.5, 0.6) is 0 Å². The molecule has 3 N–H and O–H groups in total. The van der Waals surface area contributed by atoms with Crippen LogP contribution in [0.3, 0.4) is 0 Å². The summed E-state index contributed by atoms with van der Waals surface area (Å²) in [6, 6.07) is 1.22. The van der Waals surface area contributed by atoms with E-state index in [2.05, 4.69) is 4.98 Å². The van der Waals surface area contributed by atoms with Crippen LogP contribution >= 0.6 is 0 Å². The summed E-state index contributed by atoms with van der Waals surface area (Å²) in [7, 11) is 0. The van der Waals surface area contributed by atoms with E-state index in [-0.39, 0.29) is 13.2 Å². The maximum absolute atomic E-state index is 11.2. The first-order chi connectivity index (χ1) is 7.13. The van der Waals surface area contributed by atoms with Gasteiger partial charge in [-0.3, -0.25) is 14.3 Å². The molecule has 0 radical (unpaired) electrons. The number of nitrogens with one attached hydrogen (secondary N) is 1. The third-order valence-corrected chi connectivity index (χ3v) is 2.00. The lowest BCUT2D eigenvalue weighted by Crippen LogP contribution is -2.32.